The van der Waals surface area contributed by atoms with Crippen molar-refractivity contribution in [1.82, 2.24) is 35.2 Å². The number of hydrogen-bond donors (Lipinski definition) is 3. The maximum atomic E-state index is 13.6. The molecule has 1 aliphatic heterocycles. The van der Waals surface area contributed by atoms with Gasteiger partial charge in [-0.2, -0.15) is 0 Å². The summed E-state index contributed by atoms with van der Waals surface area (Å²) in [7, 11) is 1.64. The number of aliphatic hydroxyl groups excluding tert-OH is 1. The Kier molecular flexibility index (Phi) is 8.62. The van der Waals surface area contributed by atoms with Crippen LogP contribution >= 0.6 is 0 Å². The SMILES string of the molecule is Cc1noc(C)c1NC(=O)N(C)C[C@H]1Oc2ccc(NC(=O)Cn3cnnn3)cc2C(=O)N([C@H](C)CO)C[C@H]1C. The van der Waals surface area contributed by atoms with E-state index in [-0.39, 0.29) is 55.6 Å². The zero-order valence-electron chi connectivity index (χ0n) is 23.0. The molecule has 0 saturated carbocycles. The third-order valence-electron chi connectivity index (χ3n) is 6.71. The molecular formula is C25H33N9O6. The van der Waals surface area contributed by atoms with Gasteiger partial charge in [0.2, 0.25) is 5.91 Å². The average Bonchev–Trinajstić information content (AvgIpc) is 3.55. The number of carbonyl (C=O) groups excluding carboxylic acids is 3. The van der Waals surface area contributed by atoms with Crippen molar-refractivity contribution < 1.29 is 28.8 Å². The highest BCUT2D eigenvalue weighted by molar-refractivity contribution is 6.00. The van der Waals surface area contributed by atoms with E-state index in [0.717, 1.165) is 0 Å². The Morgan fingerprint density at radius 1 is 1.27 bits per heavy atom. The van der Waals surface area contributed by atoms with Gasteiger partial charge in [-0.1, -0.05) is 12.1 Å². The lowest BCUT2D eigenvalue weighted by Gasteiger charge is -2.38. The van der Waals surface area contributed by atoms with Crippen molar-refractivity contribution in [3.63, 3.8) is 0 Å². The molecule has 1 aromatic carbocycles. The van der Waals surface area contributed by atoms with Crippen LogP contribution in [0, 0.1) is 19.8 Å². The highest BCUT2D eigenvalue weighted by Crippen LogP contribution is 2.31. The molecule has 0 unspecified atom stereocenters. The molecule has 3 atom stereocenters. The average molecular weight is 556 g/mol. The summed E-state index contributed by atoms with van der Waals surface area (Å²) in [5.41, 5.74) is 1.68. The maximum absolute atomic E-state index is 13.6. The van der Waals surface area contributed by atoms with Crippen LogP contribution in [-0.2, 0) is 11.3 Å². The molecule has 214 valence electrons. The lowest BCUT2D eigenvalue weighted by atomic mass is 9.99. The van der Waals surface area contributed by atoms with E-state index in [1.807, 2.05) is 6.92 Å². The number of amides is 4. The molecule has 3 heterocycles. The quantitative estimate of drug-likeness (QED) is 0.366. The monoisotopic (exact) mass is 555 g/mol. The number of aliphatic hydroxyl groups is 1. The maximum Gasteiger partial charge on any atom is 0.321 e. The molecule has 4 rings (SSSR count). The molecule has 40 heavy (non-hydrogen) atoms. The minimum atomic E-state index is -0.499. The first-order valence-corrected chi connectivity index (χ1v) is 12.8. The van der Waals surface area contributed by atoms with Gasteiger partial charge in [0.25, 0.3) is 5.91 Å². The second kappa shape index (κ2) is 12.1. The summed E-state index contributed by atoms with van der Waals surface area (Å²) in [6, 6.07) is 3.93. The normalized spacial score (nSPS) is 17.8. The molecule has 0 bridgehead atoms. The molecule has 0 spiro atoms. The number of likely N-dealkylation sites (N-methyl/N-ethyl adjacent to an activating group) is 1. The van der Waals surface area contributed by atoms with E-state index in [9.17, 15) is 19.5 Å². The summed E-state index contributed by atoms with van der Waals surface area (Å²) >= 11 is 0. The highest BCUT2D eigenvalue weighted by atomic mass is 16.5. The number of nitrogens with zero attached hydrogens (tertiary/aromatic N) is 7. The topological polar surface area (TPSA) is 181 Å². The fourth-order valence-corrected chi connectivity index (χ4v) is 4.34. The van der Waals surface area contributed by atoms with Crippen LogP contribution < -0.4 is 15.4 Å². The lowest BCUT2D eigenvalue weighted by molar-refractivity contribution is -0.116. The number of rotatable bonds is 8. The van der Waals surface area contributed by atoms with Crippen molar-refractivity contribution in [3.8, 4) is 5.75 Å². The summed E-state index contributed by atoms with van der Waals surface area (Å²) in [4.78, 5) is 42.1. The molecule has 0 radical (unpaired) electrons. The van der Waals surface area contributed by atoms with Gasteiger partial charge in [0.1, 0.15) is 36.1 Å². The van der Waals surface area contributed by atoms with Crippen molar-refractivity contribution in [1.29, 1.82) is 0 Å². The van der Waals surface area contributed by atoms with Gasteiger partial charge >= 0.3 is 6.03 Å². The molecule has 1 aliphatic rings. The van der Waals surface area contributed by atoms with E-state index in [0.29, 0.717) is 28.6 Å². The van der Waals surface area contributed by atoms with Gasteiger partial charge in [-0.05, 0) is 49.4 Å². The minimum absolute atomic E-state index is 0.107. The number of hydrogen-bond acceptors (Lipinski definition) is 10. The number of urea groups is 1. The van der Waals surface area contributed by atoms with Crippen molar-refractivity contribution in [2.45, 2.75) is 46.4 Å². The lowest BCUT2D eigenvalue weighted by Crippen LogP contribution is -2.50. The van der Waals surface area contributed by atoms with Crippen LogP contribution in [0.25, 0.3) is 0 Å². The fourth-order valence-electron chi connectivity index (χ4n) is 4.34. The first kappa shape index (κ1) is 28.5. The minimum Gasteiger partial charge on any atom is -0.487 e. The summed E-state index contributed by atoms with van der Waals surface area (Å²) in [5, 5.41) is 30.0. The zero-order valence-corrected chi connectivity index (χ0v) is 23.0. The molecule has 3 aromatic rings. The Morgan fingerprint density at radius 3 is 2.70 bits per heavy atom. The zero-order chi connectivity index (χ0) is 29.0. The predicted molar refractivity (Wildman–Crippen MR) is 142 cm³/mol. The van der Waals surface area contributed by atoms with Gasteiger partial charge in [0.15, 0.2) is 5.76 Å². The standard InChI is InChI=1S/C25H33N9O6/c1-14-9-34(15(2)12-35)24(37)19-8-18(27-22(36)11-33-13-26-30-31-33)6-7-20(19)39-21(14)10-32(5)25(38)28-23-16(3)29-40-17(23)4/h6-8,13-15,21,35H,9-12H2,1-5H3,(H,27,36)(H,28,38)/t14-,15-,21-/m1/s1. The third kappa shape index (κ3) is 6.36. The summed E-state index contributed by atoms with van der Waals surface area (Å²) < 4.78 is 12.7. The molecule has 2 aromatic heterocycles. The molecular weight excluding hydrogens is 522 g/mol. The predicted octanol–water partition coefficient (Wildman–Crippen LogP) is 1.30. The highest BCUT2D eigenvalue weighted by Gasteiger charge is 2.34. The van der Waals surface area contributed by atoms with E-state index >= 15 is 0 Å². The van der Waals surface area contributed by atoms with Gasteiger partial charge in [0.05, 0.1) is 24.8 Å². The van der Waals surface area contributed by atoms with Crippen molar-refractivity contribution in [2.75, 3.05) is 37.4 Å². The van der Waals surface area contributed by atoms with Gasteiger partial charge in [-0.25, -0.2) is 9.48 Å². The number of fused-ring (bicyclic) bond motifs is 1. The van der Waals surface area contributed by atoms with Crippen LogP contribution in [0.3, 0.4) is 0 Å². The summed E-state index contributed by atoms with van der Waals surface area (Å²) in [6.45, 7) is 7.26. The van der Waals surface area contributed by atoms with Crippen molar-refractivity contribution in [3.05, 3.63) is 41.5 Å². The molecule has 0 fully saturated rings. The van der Waals surface area contributed by atoms with E-state index in [4.69, 9.17) is 9.26 Å². The molecule has 0 saturated heterocycles. The molecule has 0 aliphatic carbocycles. The van der Waals surface area contributed by atoms with Crippen molar-refractivity contribution >= 4 is 29.2 Å². The number of nitrogens with one attached hydrogen (secondary N) is 2. The Balaban J connectivity index is 1.56. The smallest absolute Gasteiger partial charge is 0.321 e. The summed E-state index contributed by atoms with van der Waals surface area (Å²) in [5.74, 6) is -0.130. The second-order valence-electron chi connectivity index (χ2n) is 9.90. The third-order valence-corrected chi connectivity index (χ3v) is 6.71. The van der Waals surface area contributed by atoms with Crippen LogP contribution in [0.5, 0.6) is 5.75 Å². The van der Waals surface area contributed by atoms with Gasteiger partial charge in [-0.3, -0.25) is 9.59 Å². The number of anilines is 2. The summed E-state index contributed by atoms with van der Waals surface area (Å²) in [6.07, 6.45) is 0.819. The number of benzene rings is 1. The first-order valence-electron chi connectivity index (χ1n) is 12.8. The number of aryl methyl sites for hydroxylation is 2. The molecule has 15 nitrogen and oxygen atoms in total. The van der Waals surface area contributed by atoms with Crippen LogP contribution in [0.15, 0.2) is 29.0 Å². The number of tetrazole rings is 1. The van der Waals surface area contributed by atoms with E-state index in [1.165, 1.54) is 22.0 Å². The Hall–Kier alpha value is -4.53. The first-order chi connectivity index (χ1) is 19.1. The van der Waals surface area contributed by atoms with Crippen LogP contribution in [-0.4, -0.2) is 97.0 Å². The molecule has 15 heteroatoms. The van der Waals surface area contributed by atoms with Gasteiger partial charge in [0, 0.05) is 25.2 Å². The number of aromatic nitrogens is 5. The Labute approximate surface area is 230 Å². The number of ether oxygens (including phenoxy) is 1. The second-order valence-corrected chi connectivity index (χ2v) is 9.90. The van der Waals surface area contributed by atoms with Gasteiger partial charge in [-0.15, -0.1) is 5.10 Å². The Morgan fingerprint density at radius 2 is 2.05 bits per heavy atom. The van der Waals surface area contributed by atoms with Crippen LogP contribution in [0.4, 0.5) is 16.2 Å². The van der Waals surface area contributed by atoms with Crippen LogP contribution in [0.2, 0.25) is 0 Å². The van der Waals surface area contributed by atoms with Gasteiger partial charge < -0.3 is 34.8 Å². The van der Waals surface area contributed by atoms with E-state index < -0.39 is 12.1 Å². The van der Waals surface area contributed by atoms with E-state index in [1.54, 1.807) is 44.9 Å². The number of carbonyl (C=O) groups is 3. The van der Waals surface area contributed by atoms with E-state index in [2.05, 4.69) is 31.3 Å². The Bertz CT molecular complexity index is 1340. The fraction of sp³-hybridized carbons (Fsp3) is 0.480. The molecule has 3 N–H and O–H groups in total. The van der Waals surface area contributed by atoms with Crippen LogP contribution in [0.1, 0.15) is 35.7 Å². The molecule has 4 amide bonds. The van der Waals surface area contributed by atoms with Crippen molar-refractivity contribution in [2.24, 2.45) is 5.92 Å². The largest absolute Gasteiger partial charge is 0.487 e.